The molecule has 0 bridgehead atoms. The maximum Gasteiger partial charge on any atom is 0.407 e. The second-order valence-electron chi connectivity index (χ2n) is 2.98. The average molecular weight is 232 g/mol. The van der Waals surface area contributed by atoms with E-state index < -0.39 is 6.09 Å². The molecule has 2 rings (SSSR count). The van der Waals surface area contributed by atoms with E-state index in [0.29, 0.717) is 16.6 Å². The molecule has 1 amide bonds. The summed E-state index contributed by atoms with van der Waals surface area (Å²) in [5.41, 5.74) is 0.806. The quantitative estimate of drug-likeness (QED) is 0.808. The molecule has 1 N–H and O–H groups in total. The van der Waals surface area contributed by atoms with Gasteiger partial charge in [0, 0.05) is 10.0 Å². The van der Waals surface area contributed by atoms with Gasteiger partial charge in [0.05, 0.1) is 6.54 Å². The van der Waals surface area contributed by atoms with Crippen LogP contribution in [-0.2, 0) is 4.74 Å². The fourth-order valence-corrected chi connectivity index (χ4v) is 1.88. The van der Waals surface area contributed by atoms with Gasteiger partial charge in [-0.05, 0) is 23.8 Å². The zero-order valence-electron chi connectivity index (χ0n) is 7.09. The topological polar surface area (TPSA) is 38.3 Å². The van der Waals surface area contributed by atoms with Crippen LogP contribution in [0.2, 0.25) is 10.0 Å². The first-order valence-corrected chi connectivity index (χ1v) is 4.81. The Morgan fingerprint density at radius 1 is 1.29 bits per heavy atom. The van der Waals surface area contributed by atoms with Crippen molar-refractivity contribution in [2.75, 3.05) is 6.54 Å². The number of benzene rings is 1. The van der Waals surface area contributed by atoms with E-state index >= 15 is 0 Å². The zero-order chi connectivity index (χ0) is 10.1. The summed E-state index contributed by atoms with van der Waals surface area (Å²) in [6.45, 7) is 0.454. The number of carbonyl (C=O) groups is 1. The Morgan fingerprint density at radius 2 is 1.93 bits per heavy atom. The number of halogens is 2. The van der Waals surface area contributed by atoms with Gasteiger partial charge in [0.15, 0.2) is 0 Å². The van der Waals surface area contributed by atoms with E-state index in [9.17, 15) is 4.79 Å². The monoisotopic (exact) mass is 231 g/mol. The van der Waals surface area contributed by atoms with E-state index in [4.69, 9.17) is 27.9 Å². The smallest absolute Gasteiger partial charge is 0.407 e. The van der Waals surface area contributed by atoms with Crippen molar-refractivity contribution in [2.24, 2.45) is 0 Å². The van der Waals surface area contributed by atoms with Crippen molar-refractivity contribution in [1.29, 1.82) is 0 Å². The van der Waals surface area contributed by atoms with Gasteiger partial charge in [-0.1, -0.05) is 23.2 Å². The molecule has 1 heterocycles. The van der Waals surface area contributed by atoms with Crippen LogP contribution in [0.5, 0.6) is 0 Å². The summed E-state index contributed by atoms with van der Waals surface area (Å²) in [4.78, 5) is 10.8. The van der Waals surface area contributed by atoms with Crippen LogP contribution in [-0.4, -0.2) is 12.6 Å². The number of amides is 1. The minimum Gasteiger partial charge on any atom is -0.439 e. The van der Waals surface area contributed by atoms with Crippen molar-refractivity contribution in [3.63, 3.8) is 0 Å². The predicted molar refractivity (Wildman–Crippen MR) is 53.7 cm³/mol. The van der Waals surface area contributed by atoms with Crippen LogP contribution in [0.1, 0.15) is 11.7 Å². The summed E-state index contributed by atoms with van der Waals surface area (Å²) >= 11 is 11.6. The zero-order valence-corrected chi connectivity index (χ0v) is 8.60. The summed E-state index contributed by atoms with van der Waals surface area (Å²) in [5.74, 6) is 0. The highest BCUT2D eigenvalue weighted by atomic mass is 35.5. The van der Waals surface area contributed by atoms with Crippen molar-refractivity contribution in [1.82, 2.24) is 5.32 Å². The minimum atomic E-state index is -0.411. The average Bonchev–Trinajstić information content (AvgIpc) is 2.50. The molecule has 1 aromatic carbocycles. The second-order valence-corrected chi connectivity index (χ2v) is 3.85. The van der Waals surface area contributed by atoms with E-state index in [1.165, 1.54) is 0 Å². The van der Waals surface area contributed by atoms with Crippen molar-refractivity contribution in [2.45, 2.75) is 6.10 Å². The Bertz CT molecular complexity index is 361. The summed E-state index contributed by atoms with van der Waals surface area (Å²) in [6, 6.07) is 5.10. The molecule has 1 aliphatic heterocycles. The van der Waals surface area contributed by atoms with Crippen LogP contribution in [0.4, 0.5) is 4.79 Å². The molecular weight excluding hydrogens is 225 g/mol. The summed E-state index contributed by atoms with van der Waals surface area (Å²) < 4.78 is 4.99. The van der Waals surface area contributed by atoms with Gasteiger partial charge >= 0.3 is 6.09 Å². The molecule has 0 radical (unpaired) electrons. The van der Waals surface area contributed by atoms with Gasteiger partial charge in [-0.3, -0.25) is 0 Å². The molecule has 1 atom stereocenters. The molecule has 5 heteroatoms. The molecule has 0 aromatic heterocycles. The van der Waals surface area contributed by atoms with Gasteiger partial charge in [-0.2, -0.15) is 0 Å². The number of nitrogens with one attached hydrogen (secondary N) is 1. The van der Waals surface area contributed by atoms with Crippen LogP contribution in [0, 0.1) is 0 Å². The van der Waals surface area contributed by atoms with Crippen molar-refractivity contribution >= 4 is 29.3 Å². The number of ether oxygens (including phenoxy) is 1. The first-order valence-electron chi connectivity index (χ1n) is 4.05. The highest BCUT2D eigenvalue weighted by Gasteiger charge is 2.24. The maximum absolute atomic E-state index is 10.8. The number of hydrogen-bond acceptors (Lipinski definition) is 2. The van der Waals surface area contributed by atoms with E-state index in [1.54, 1.807) is 18.2 Å². The van der Waals surface area contributed by atoms with Gasteiger partial charge in [-0.15, -0.1) is 0 Å². The Hall–Kier alpha value is -0.930. The van der Waals surface area contributed by atoms with Crippen LogP contribution < -0.4 is 5.32 Å². The Kier molecular flexibility index (Phi) is 2.52. The van der Waals surface area contributed by atoms with Crippen molar-refractivity contribution in [3.8, 4) is 0 Å². The van der Waals surface area contributed by atoms with Gasteiger partial charge in [0.2, 0.25) is 0 Å². The largest absolute Gasteiger partial charge is 0.439 e. The highest BCUT2D eigenvalue weighted by molar-refractivity contribution is 6.34. The standard InChI is InChI=1S/C9H7Cl2NO2/c10-6-1-5(2-7(11)3-6)8-4-12-9(13)14-8/h1-3,8H,4H2,(H,12,13). The molecular formula is C9H7Cl2NO2. The molecule has 74 valence electrons. The number of carbonyl (C=O) groups excluding carboxylic acids is 1. The third-order valence-corrected chi connectivity index (χ3v) is 2.37. The minimum absolute atomic E-state index is 0.293. The lowest BCUT2D eigenvalue weighted by Gasteiger charge is -2.08. The first-order chi connectivity index (χ1) is 6.65. The number of hydrogen-bond donors (Lipinski definition) is 1. The summed E-state index contributed by atoms with van der Waals surface area (Å²) in [5, 5.41) is 3.63. The van der Waals surface area contributed by atoms with E-state index in [-0.39, 0.29) is 6.10 Å². The molecule has 1 saturated heterocycles. The van der Waals surface area contributed by atoms with E-state index in [1.807, 2.05) is 0 Å². The molecule has 1 unspecified atom stereocenters. The fourth-order valence-electron chi connectivity index (χ4n) is 1.34. The second kappa shape index (κ2) is 3.67. The van der Waals surface area contributed by atoms with Gasteiger partial charge < -0.3 is 10.1 Å². The first kappa shape index (κ1) is 9.62. The van der Waals surface area contributed by atoms with Crippen LogP contribution >= 0.6 is 23.2 Å². The number of alkyl carbamates (subject to hydrolysis) is 1. The lowest BCUT2D eigenvalue weighted by molar-refractivity contribution is 0.141. The summed E-state index contributed by atoms with van der Waals surface area (Å²) in [6.07, 6.45) is -0.704. The third-order valence-electron chi connectivity index (χ3n) is 1.94. The Balaban J connectivity index is 2.27. The normalized spacial score (nSPS) is 20.4. The lowest BCUT2D eigenvalue weighted by atomic mass is 10.1. The molecule has 1 aliphatic rings. The highest BCUT2D eigenvalue weighted by Crippen LogP contribution is 2.27. The molecule has 0 spiro atoms. The molecule has 14 heavy (non-hydrogen) atoms. The van der Waals surface area contributed by atoms with Crippen LogP contribution in [0.3, 0.4) is 0 Å². The van der Waals surface area contributed by atoms with Crippen LogP contribution in [0.25, 0.3) is 0 Å². The number of cyclic esters (lactones) is 1. The Morgan fingerprint density at radius 3 is 2.43 bits per heavy atom. The maximum atomic E-state index is 10.8. The molecule has 3 nitrogen and oxygen atoms in total. The molecule has 1 fully saturated rings. The van der Waals surface area contributed by atoms with E-state index in [2.05, 4.69) is 5.32 Å². The predicted octanol–water partition coefficient (Wildman–Crippen LogP) is 2.77. The number of rotatable bonds is 1. The SMILES string of the molecule is O=C1NCC(c2cc(Cl)cc(Cl)c2)O1. The van der Waals surface area contributed by atoms with Gasteiger partial charge in [-0.25, -0.2) is 4.79 Å². The van der Waals surface area contributed by atoms with Gasteiger partial charge in [0.25, 0.3) is 0 Å². The Labute approximate surface area is 91.0 Å². The van der Waals surface area contributed by atoms with Crippen LogP contribution in [0.15, 0.2) is 18.2 Å². The van der Waals surface area contributed by atoms with Gasteiger partial charge in [0.1, 0.15) is 6.10 Å². The fraction of sp³-hybridized carbons (Fsp3) is 0.222. The third kappa shape index (κ3) is 1.94. The summed E-state index contributed by atoms with van der Waals surface area (Å²) in [7, 11) is 0. The molecule has 0 saturated carbocycles. The molecule has 0 aliphatic carbocycles. The molecule has 1 aromatic rings. The van der Waals surface area contributed by atoms with E-state index in [0.717, 1.165) is 5.56 Å². The van der Waals surface area contributed by atoms with Crippen molar-refractivity contribution in [3.05, 3.63) is 33.8 Å². The van der Waals surface area contributed by atoms with Crippen molar-refractivity contribution < 1.29 is 9.53 Å². The lowest BCUT2D eigenvalue weighted by Crippen LogP contribution is -2.12.